The van der Waals surface area contributed by atoms with Crippen LogP contribution in [0.25, 0.3) is 0 Å². The van der Waals surface area contributed by atoms with Crippen LogP contribution in [0.2, 0.25) is 0 Å². The van der Waals surface area contributed by atoms with Crippen molar-refractivity contribution in [3.63, 3.8) is 0 Å². The van der Waals surface area contributed by atoms with Crippen LogP contribution in [-0.2, 0) is 32.7 Å². The summed E-state index contributed by atoms with van der Waals surface area (Å²) in [5.41, 5.74) is 5.36. The molecule has 0 aromatic carbocycles. The number of carbonyl (C=O) groups is 2. The van der Waals surface area contributed by atoms with E-state index in [4.69, 9.17) is 29.4 Å². The van der Waals surface area contributed by atoms with Gasteiger partial charge in [-0.15, -0.1) is 0 Å². The van der Waals surface area contributed by atoms with Gasteiger partial charge >= 0.3 is 19.8 Å². The molecule has 0 aliphatic carbocycles. The smallest absolute Gasteiger partial charge is 0.472 e. The Balaban J connectivity index is 4.13. The summed E-state index contributed by atoms with van der Waals surface area (Å²) in [4.78, 5) is 33.6. The first-order chi connectivity index (χ1) is 28.7. The predicted octanol–water partition coefficient (Wildman–Crippen LogP) is 13.7. The number of rotatable bonds is 46. The van der Waals surface area contributed by atoms with Crippen molar-refractivity contribution in [1.82, 2.24) is 0 Å². The molecule has 346 valence electrons. The van der Waals surface area contributed by atoms with Gasteiger partial charge in [0.05, 0.1) is 19.8 Å². The van der Waals surface area contributed by atoms with E-state index in [9.17, 15) is 19.0 Å². The third-order valence-corrected chi connectivity index (χ3v) is 11.4. The van der Waals surface area contributed by atoms with Crippen LogP contribution in [0.1, 0.15) is 219 Å². The Morgan fingerprint density at radius 1 is 0.542 bits per heavy atom. The highest BCUT2D eigenvalue weighted by molar-refractivity contribution is 7.47. The Hall–Kier alpha value is -1.81. The number of ether oxygens (including phenoxy) is 2. The predicted molar refractivity (Wildman–Crippen MR) is 245 cm³/mol. The molecule has 0 amide bonds. The SMILES string of the molecule is CCCCCCC/C=C\C/C=C\C/C=C\CCCCCCCCCCCOCC(COP(=O)(O)OCC(N)C(=O)O)OC(=O)CCCCCCCCCCCCCCC. The van der Waals surface area contributed by atoms with E-state index >= 15 is 0 Å². The number of phosphoric ester groups is 1. The van der Waals surface area contributed by atoms with Crippen LogP contribution in [0.15, 0.2) is 36.5 Å². The average Bonchev–Trinajstić information content (AvgIpc) is 3.21. The fourth-order valence-corrected chi connectivity index (χ4v) is 7.45. The van der Waals surface area contributed by atoms with Crippen LogP contribution in [-0.4, -0.2) is 60.5 Å². The van der Waals surface area contributed by atoms with E-state index in [0.717, 1.165) is 51.4 Å². The Kier molecular flexibility index (Phi) is 42.9. The second-order valence-electron chi connectivity index (χ2n) is 16.2. The molecule has 0 aliphatic heterocycles. The van der Waals surface area contributed by atoms with Crippen LogP contribution < -0.4 is 5.73 Å². The van der Waals surface area contributed by atoms with Gasteiger partial charge in [0.2, 0.25) is 0 Å². The van der Waals surface area contributed by atoms with Crippen LogP contribution >= 0.6 is 7.82 Å². The molecule has 0 heterocycles. The van der Waals surface area contributed by atoms with E-state index in [1.807, 2.05) is 0 Å². The van der Waals surface area contributed by atoms with E-state index in [1.165, 1.54) is 141 Å². The molecule has 11 heteroatoms. The summed E-state index contributed by atoms with van der Waals surface area (Å²) in [5, 5.41) is 8.91. The minimum absolute atomic E-state index is 0.0157. The zero-order valence-electron chi connectivity index (χ0n) is 37.9. The van der Waals surface area contributed by atoms with Gasteiger partial charge in [0.25, 0.3) is 0 Å². The number of hydrogen-bond donors (Lipinski definition) is 3. The lowest BCUT2D eigenvalue weighted by Crippen LogP contribution is -2.34. The van der Waals surface area contributed by atoms with E-state index in [-0.39, 0.29) is 13.0 Å². The molecule has 3 unspecified atom stereocenters. The Labute approximate surface area is 361 Å². The zero-order valence-corrected chi connectivity index (χ0v) is 38.7. The van der Waals surface area contributed by atoms with Crippen molar-refractivity contribution in [3.05, 3.63) is 36.5 Å². The fourth-order valence-electron chi connectivity index (χ4n) is 6.67. The molecule has 3 atom stereocenters. The van der Waals surface area contributed by atoms with Crippen LogP contribution in [0.5, 0.6) is 0 Å². The van der Waals surface area contributed by atoms with E-state index in [0.29, 0.717) is 13.0 Å². The number of carboxylic acids is 1. The highest BCUT2D eigenvalue weighted by atomic mass is 31.2. The third-order valence-electron chi connectivity index (χ3n) is 10.4. The number of unbranched alkanes of at least 4 members (excludes halogenated alkanes) is 26. The van der Waals surface area contributed by atoms with Crippen LogP contribution in [0.3, 0.4) is 0 Å². The lowest BCUT2D eigenvalue weighted by Gasteiger charge is -2.20. The van der Waals surface area contributed by atoms with Crippen molar-refractivity contribution in [2.75, 3.05) is 26.4 Å². The van der Waals surface area contributed by atoms with Gasteiger partial charge in [0.15, 0.2) is 0 Å². The number of hydrogen-bond acceptors (Lipinski definition) is 8. The van der Waals surface area contributed by atoms with Gasteiger partial charge in [-0.1, -0.05) is 198 Å². The topological polar surface area (TPSA) is 155 Å². The summed E-state index contributed by atoms with van der Waals surface area (Å²) in [6, 6.07) is -1.47. The van der Waals surface area contributed by atoms with Gasteiger partial charge in [-0.2, -0.15) is 0 Å². The normalized spacial score (nSPS) is 14.1. The van der Waals surface area contributed by atoms with E-state index in [2.05, 4.69) is 50.3 Å². The van der Waals surface area contributed by atoms with Crippen LogP contribution in [0.4, 0.5) is 0 Å². The van der Waals surface area contributed by atoms with E-state index in [1.54, 1.807) is 0 Å². The van der Waals surface area contributed by atoms with Gasteiger partial charge in [0.1, 0.15) is 12.1 Å². The van der Waals surface area contributed by atoms with Gasteiger partial charge in [-0.25, -0.2) is 4.57 Å². The maximum Gasteiger partial charge on any atom is 0.472 e. The number of phosphoric acid groups is 1. The molecule has 10 nitrogen and oxygen atoms in total. The monoisotopic (exact) mass is 856 g/mol. The summed E-state index contributed by atoms with van der Waals surface area (Å²) in [5.74, 6) is -1.78. The molecular formula is C48H90NO9P. The molecule has 0 spiro atoms. The maximum atomic E-state index is 12.6. The highest BCUT2D eigenvalue weighted by Crippen LogP contribution is 2.43. The van der Waals surface area contributed by atoms with Crippen molar-refractivity contribution in [3.8, 4) is 0 Å². The van der Waals surface area contributed by atoms with Crippen molar-refractivity contribution in [2.45, 2.75) is 231 Å². The number of esters is 1. The minimum atomic E-state index is -4.62. The summed E-state index contributed by atoms with van der Waals surface area (Å²) < 4.78 is 33.4. The van der Waals surface area contributed by atoms with Gasteiger partial charge in [-0.3, -0.25) is 18.6 Å². The standard InChI is InChI=1S/C48H90NO9P/c1-3-5-7-9-11-13-15-17-18-19-20-21-22-23-24-25-26-27-29-31-33-35-37-39-41-55-42-45(43-56-59(53,54)57-44-46(49)48(51)52)58-47(50)40-38-36-34-32-30-28-16-14-12-10-8-6-4-2/h15,17,19-20,22-23,45-46H,3-14,16,18,21,24-44,49H2,1-2H3,(H,51,52)(H,53,54)/b17-15-,20-19-,23-22-. The van der Waals surface area contributed by atoms with Crippen molar-refractivity contribution in [2.24, 2.45) is 5.73 Å². The molecule has 0 saturated heterocycles. The molecule has 0 fully saturated rings. The molecular weight excluding hydrogens is 765 g/mol. The minimum Gasteiger partial charge on any atom is -0.480 e. The zero-order chi connectivity index (χ0) is 43.3. The van der Waals surface area contributed by atoms with Crippen LogP contribution in [0, 0.1) is 0 Å². The maximum absolute atomic E-state index is 12.6. The largest absolute Gasteiger partial charge is 0.480 e. The number of nitrogens with two attached hydrogens (primary N) is 1. The number of carbonyl (C=O) groups excluding carboxylic acids is 1. The number of aliphatic carboxylic acids is 1. The third kappa shape index (κ3) is 44.1. The van der Waals surface area contributed by atoms with Crippen molar-refractivity contribution < 1.29 is 42.7 Å². The summed E-state index contributed by atoms with van der Waals surface area (Å²) in [6.45, 7) is 3.88. The summed E-state index contributed by atoms with van der Waals surface area (Å²) in [6.07, 6.45) is 50.6. The molecule has 0 aromatic rings. The lowest BCUT2D eigenvalue weighted by molar-refractivity contribution is -0.154. The molecule has 0 aromatic heterocycles. The molecule has 0 rings (SSSR count). The van der Waals surface area contributed by atoms with Crippen molar-refractivity contribution >= 4 is 19.8 Å². The second kappa shape index (κ2) is 44.3. The molecule has 0 bridgehead atoms. The molecule has 0 radical (unpaired) electrons. The first-order valence-electron chi connectivity index (χ1n) is 24.0. The molecule has 59 heavy (non-hydrogen) atoms. The first kappa shape index (κ1) is 57.2. The number of carboxylic acid groups (broad SMARTS) is 1. The van der Waals surface area contributed by atoms with E-state index < -0.39 is 45.1 Å². The Morgan fingerprint density at radius 3 is 1.39 bits per heavy atom. The molecule has 4 N–H and O–H groups in total. The second-order valence-corrected chi connectivity index (χ2v) is 17.7. The highest BCUT2D eigenvalue weighted by Gasteiger charge is 2.27. The number of allylic oxidation sites excluding steroid dienone is 6. The van der Waals surface area contributed by atoms with Crippen molar-refractivity contribution in [1.29, 1.82) is 0 Å². The van der Waals surface area contributed by atoms with Gasteiger partial charge < -0.3 is 25.2 Å². The lowest BCUT2D eigenvalue weighted by atomic mass is 10.0. The summed E-state index contributed by atoms with van der Waals surface area (Å²) in [7, 11) is -4.62. The first-order valence-corrected chi connectivity index (χ1v) is 25.5. The molecule has 0 saturated carbocycles. The molecule has 0 aliphatic rings. The average molecular weight is 856 g/mol. The van der Waals surface area contributed by atoms with Gasteiger partial charge in [0, 0.05) is 13.0 Å². The fraction of sp³-hybridized carbons (Fsp3) is 0.833. The quantitative estimate of drug-likeness (QED) is 0.0233. The summed E-state index contributed by atoms with van der Waals surface area (Å²) >= 11 is 0. The Bertz CT molecular complexity index is 1080. The Morgan fingerprint density at radius 2 is 0.932 bits per heavy atom. The van der Waals surface area contributed by atoms with Gasteiger partial charge in [-0.05, 0) is 51.4 Å².